The smallest absolute Gasteiger partial charge is 0.240 e. The number of amides is 1. The van der Waals surface area contributed by atoms with Crippen molar-refractivity contribution in [3.8, 4) is 11.1 Å². The number of hydrogen-bond acceptors (Lipinski definition) is 4. The number of fused-ring (bicyclic) bond motifs is 1. The molecule has 1 saturated heterocycles. The van der Waals surface area contributed by atoms with Crippen LogP contribution in [0.5, 0.6) is 0 Å². The second kappa shape index (κ2) is 9.00. The Bertz CT molecular complexity index is 1250. The summed E-state index contributed by atoms with van der Waals surface area (Å²) in [6.07, 6.45) is 1.83. The lowest BCUT2D eigenvalue weighted by Gasteiger charge is -2.26. The monoisotopic (exact) mass is 438 g/mol. The van der Waals surface area contributed by atoms with Gasteiger partial charge in [0.15, 0.2) is 5.82 Å². The summed E-state index contributed by atoms with van der Waals surface area (Å²) < 4.78 is 0. The number of carbonyl (C=O) groups is 2. The third-order valence-corrected chi connectivity index (χ3v) is 6.30. The first-order chi connectivity index (χ1) is 16.1. The molecular formula is C27H26N4O2. The largest absolute Gasteiger partial charge is 0.335 e. The molecule has 1 amide bonds. The topological polar surface area (TPSA) is 92.1 Å². The molecule has 1 aromatic heterocycles. The molecule has 1 fully saturated rings. The highest BCUT2D eigenvalue weighted by molar-refractivity contribution is 6.02. The van der Waals surface area contributed by atoms with Crippen molar-refractivity contribution in [2.24, 2.45) is 5.73 Å². The number of aromatic amines is 1. The van der Waals surface area contributed by atoms with E-state index < -0.39 is 12.1 Å². The number of Topliss-reactive ketones (excluding diaryl/α,β-unsaturated/α-hetero) is 1. The standard InChI is InChI=1S/C27H26N4O2/c28-21(17-18-12-14-20(15-13-18)19-7-2-1-3-8-19)27(33)31-16-6-11-24(31)25(32)26-29-22-9-4-5-10-23(22)30-26/h1-5,7-10,12-15,21,24H,6,11,16-17,28H2,(H,29,30)/t21-,24-/m0/s1. The highest BCUT2D eigenvalue weighted by Crippen LogP contribution is 2.24. The summed E-state index contributed by atoms with van der Waals surface area (Å²) in [4.78, 5) is 35.5. The first-order valence-corrected chi connectivity index (χ1v) is 11.3. The molecule has 0 saturated carbocycles. The molecule has 2 heterocycles. The maximum absolute atomic E-state index is 13.2. The lowest BCUT2D eigenvalue weighted by Crippen LogP contribution is -2.49. The number of rotatable bonds is 6. The SMILES string of the molecule is N[C@@H](Cc1ccc(-c2ccccc2)cc1)C(=O)N1CCC[C@H]1C(=O)c1nc2ccccc2[nH]1. The van der Waals surface area contributed by atoms with Crippen LogP contribution in [-0.4, -0.2) is 45.2 Å². The summed E-state index contributed by atoms with van der Waals surface area (Å²) in [5, 5.41) is 0. The number of aromatic nitrogens is 2. The summed E-state index contributed by atoms with van der Waals surface area (Å²) in [5.74, 6) is -0.0449. The number of nitrogens with one attached hydrogen (secondary N) is 1. The van der Waals surface area contributed by atoms with Crippen molar-refractivity contribution in [1.29, 1.82) is 0 Å². The zero-order chi connectivity index (χ0) is 22.8. The van der Waals surface area contributed by atoms with Crippen molar-refractivity contribution in [3.05, 3.63) is 90.3 Å². The van der Waals surface area contributed by atoms with Crippen LogP contribution in [0, 0.1) is 0 Å². The van der Waals surface area contributed by atoms with Crippen LogP contribution in [-0.2, 0) is 11.2 Å². The van der Waals surface area contributed by atoms with Gasteiger partial charge in [0, 0.05) is 6.54 Å². The number of benzene rings is 3. The third-order valence-electron chi connectivity index (χ3n) is 6.30. The van der Waals surface area contributed by atoms with Crippen LogP contribution in [0.1, 0.15) is 29.0 Å². The molecule has 6 nitrogen and oxygen atoms in total. The zero-order valence-electron chi connectivity index (χ0n) is 18.3. The van der Waals surface area contributed by atoms with E-state index in [-0.39, 0.29) is 11.7 Å². The Morgan fingerprint density at radius 1 is 0.970 bits per heavy atom. The van der Waals surface area contributed by atoms with E-state index in [1.165, 1.54) is 0 Å². The Morgan fingerprint density at radius 3 is 2.42 bits per heavy atom. The average molecular weight is 439 g/mol. The Balaban J connectivity index is 1.27. The van der Waals surface area contributed by atoms with Crippen LogP contribution in [0.2, 0.25) is 0 Å². The summed E-state index contributed by atoms with van der Waals surface area (Å²) >= 11 is 0. The maximum Gasteiger partial charge on any atom is 0.240 e. The highest BCUT2D eigenvalue weighted by Gasteiger charge is 2.37. The van der Waals surface area contributed by atoms with E-state index >= 15 is 0 Å². The van der Waals surface area contributed by atoms with Crippen molar-refractivity contribution >= 4 is 22.7 Å². The first kappa shape index (κ1) is 21.1. The molecule has 0 unspecified atom stereocenters. The molecule has 2 atom stereocenters. The van der Waals surface area contributed by atoms with E-state index in [2.05, 4.69) is 22.1 Å². The van der Waals surface area contributed by atoms with Gasteiger partial charge in [0.25, 0.3) is 0 Å². The van der Waals surface area contributed by atoms with E-state index in [1.807, 2.05) is 66.7 Å². The molecule has 3 aromatic carbocycles. The number of nitrogens with two attached hydrogens (primary N) is 1. The summed E-state index contributed by atoms with van der Waals surface area (Å²) in [6.45, 7) is 0.538. The number of likely N-dealkylation sites (tertiary alicyclic amines) is 1. The molecule has 0 radical (unpaired) electrons. The number of ketones is 1. The fourth-order valence-corrected chi connectivity index (χ4v) is 4.55. The predicted octanol–water partition coefficient (Wildman–Crippen LogP) is 3.97. The molecule has 0 bridgehead atoms. The van der Waals surface area contributed by atoms with Crippen LogP contribution in [0.3, 0.4) is 0 Å². The Kier molecular flexibility index (Phi) is 5.75. The molecule has 33 heavy (non-hydrogen) atoms. The minimum atomic E-state index is -0.698. The van der Waals surface area contributed by atoms with Gasteiger partial charge in [0.1, 0.15) is 0 Å². The van der Waals surface area contributed by atoms with Gasteiger partial charge in [0.05, 0.1) is 23.1 Å². The van der Waals surface area contributed by atoms with Crippen LogP contribution in [0.4, 0.5) is 0 Å². The van der Waals surface area contributed by atoms with Gasteiger partial charge in [-0.2, -0.15) is 0 Å². The quantitative estimate of drug-likeness (QED) is 0.446. The van der Waals surface area contributed by atoms with Crippen LogP contribution < -0.4 is 5.73 Å². The highest BCUT2D eigenvalue weighted by atomic mass is 16.2. The molecule has 1 aliphatic rings. The predicted molar refractivity (Wildman–Crippen MR) is 129 cm³/mol. The summed E-state index contributed by atoms with van der Waals surface area (Å²) in [5.41, 5.74) is 11.1. The van der Waals surface area contributed by atoms with Crippen LogP contribution in [0.25, 0.3) is 22.2 Å². The number of carbonyl (C=O) groups excluding carboxylic acids is 2. The average Bonchev–Trinajstić information content (AvgIpc) is 3.51. The van der Waals surface area contributed by atoms with E-state index in [0.29, 0.717) is 25.2 Å². The molecule has 0 spiro atoms. The molecule has 166 valence electrons. The Morgan fingerprint density at radius 2 is 1.67 bits per heavy atom. The molecule has 6 heteroatoms. The second-order valence-corrected chi connectivity index (χ2v) is 8.53. The number of H-pyrrole nitrogens is 1. The van der Waals surface area contributed by atoms with Crippen molar-refractivity contribution in [2.75, 3.05) is 6.54 Å². The first-order valence-electron chi connectivity index (χ1n) is 11.3. The maximum atomic E-state index is 13.2. The van der Waals surface area contributed by atoms with Crippen molar-refractivity contribution < 1.29 is 9.59 Å². The van der Waals surface area contributed by atoms with Gasteiger partial charge in [-0.1, -0.05) is 66.7 Å². The summed E-state index contributed by atoms with van der Waals surface area (Å²) in [6, 6.07) is 24.6. The lowest BCUT2D eigenvalue weighted by atomic mass is 10.00. The lowest BCUT2D eigenvalue weighted by molar-refractivity contribution is -0.132. The molecule has 5 rings (SSSR count). The van der Waals surface area contributed by atoms with Gasteiger partial charge >= 0.3 is 0 Å². The molecular weight excluding hydrogens is 412 g/mol. The molecule has 1 aliphatic heterocycles. The van der Waals surface area contributed by atoms with Gasteiger partial charge in [-0.25, -0.2) is 4.98 Å². The van der Waals surface area contributed by atoms with Gasteiger partial charge < -0.3 is 15.6 Å². The van der Waals surface area contributed by atoms with Gasteiger partial charge in [-0.15, -0.1) is 0 Å². The molecule has 3 N–H and O–H groups in total. The number of nitrogens with zero attached hydrogens (tertiary/aromatic N) is 2. The van der Waals surface area contributed by atoms with Crippen molar-refractivity contribution in [1.82, 2.24) is 14.9 Å². The van der Waals surface area contributed by atoms with Crippen molar-refractivity contribution in [3.63, 3.8) is 0 Å². The molecule has 4 aromatic rings. The number of hydrogen-bond donors (Lipinski definition) is 2. The zero-order valence-corrected chi connectivity index (χ0v) is 18.3. The van der Waals surface area contributed by atoms with Gasteiger partial charge in [-0.3, -0.25) is 9.59 Å². The van der Waals surface area contributed by atoms with Crippen LogP contribution in [0.15, 0.2) is 78.9 Å². The van der Waals surface area contributed by atoms with E-state index in [4.69, 9.17) is 5.73 Å². The number of imidazole rings is 1. The van der Waals surface area contributed by atoms with Crippen molar-refractivity contribution in [2.45, 2.75) is 31.3 Å². The van der Waals surface area contributed by atoms with Crippen LogP contribution >= 0.6 is 0 Å². The van der Waals surface area contributed by atoms with Gasteiger partial charge in [-0.05, 0) is 48.1 Å². The van der Waals surface area contributed by atoms with E-state index in [9.17, 15) is 9.59 Å². The fraction of sp³-hybridized carbons (Fsp3) is 0.222. The minimum absolute atomic E-state index is 0.156. The minimum Gasteiger partial charge on any atom is -0.335 e. The normalized spacial score (nSPS) is 16.8. The third kappa shape index (κ3) is 4.30. The molecule has 0 aliphatic carbocycles. The Hall–Kier alpha value is -3.77. The second-order valence-electron chi connectivity index (χ2n) is 8.53. The van der Waals surface area contributed by atoms with E-state index in [1.54, 1.807) is 4.90 Å². The van der Waals surface area contributed by atoms with E-state index in [0.717, 1.165) is 34.1 Å². The fourth-order valence-electron chi connectivity index (χ4n) is 4.55. The summed E-state index contributed by atoms with van der Waals surface area (Å²) in [7, 11) is 0. The Labute approximate surface area is 192 Å². The van der Waals surface area contributed by atoms with Gasteiger partial charge in [0.2, 0.25) is 11.7 Å². The number of para-hydroxylation sites is 2.